The van der Waals surface area contributed by atoms with E-state index in [1.165, 1.54) is 0 Å². The van der Waals surface area contributed by atoms with Crippen LogP contribution in [0.5, 0.6) is 5.75 Å². The first kappa shape index (κ1) is 13.9. The Morgan fingerprint density at radius 1 is 1.53 bits per heavy atom. The van der Waals surface area contributed by atoms with E-state index in [2.05, 4.69) is 6.07 Å². The van der Waals surface area contributed by atoms with Crippen molar-refractivity contribution in [3.05, 3.63) is 29.8 Å². The molecule has 1 atom stereocenters. The minimum Gasteiger partial charge on any atom is -0.497 e. The number of amides is 1. The summed E-state index contributed by atoms with van der Waals surface area (Å²) >= 11 is 0. The zero-order valence-electron chi connectivity index (χ0n) is 11.5. The number of ether oxygens (including phenoxy) is 1. The molecule has 1 aromatic carbocycles. The lowest BCUT2D eigenvalue weighted by Crippen LogP contribution is -2.30. The summed E-state index contributed by atoms with van der Waals surface area (Å²) in [5, 5.41) is 0. The minimum atomic E-state index is 0.195. The van der Waals surface area contributed by atoms with Crippen molar-refractivity contribution in [3.63, 3.8) is 0 Å². The van der Waals surface area contributed by atoms with Crippen LogP contribution in [-0.2, 0) is 4.79 Å². The SMILES string of the molecule is COc1cccc(C2CCCN2C(=O)CCCN)c1. The van der Waals surface area contributed by atoms with Crippen molar-refractivity contribution in [2.24, 2.45) is 5.73 Å². The third-order valence-corrected chi connectivity index (χ3v) is 3.65. The highest BCUT2D eigenvalue weighted by Gasteiger charge is 2.29. The number of rotatable bonds is 5. The van der Waals surface area contributed by atoms with E-state index in [9.17, 15) is 4.79 Å². The number of hydrogen-bond donors (Lipinski definition) is 1. The Kier molecular flexibility index (Phi) is 4.80. The fourth-order valence-corrected chi connectivity index (χ4v) is 2.66. The van der Waals surface area contributed by atoms with Crippen LogP contribution in [0.4, 0.5) is 0 Å². The molecule has 0 aliphatic carbocycles. The maximum absolute atomic E-state index is 12.2. The van der Waals surface area contributed by atoms with E-state index in [1.807, 2.05) is 23.1 Å². The van der Waals surface area contributed by atoms with Gasteiger partial charge in [-0.15, -0.1) is 0 Å². The Labute approximate surface area is 114 Å². The molecule has 104 valence electrons. The minimum absolute atomic E-state index is 0.195. The summed E-state index contributed by atoms with van der Waals surface area (Å²) < 4.78 is 5.26. The number of carbonyl (C=O) groups excluding carboxylic acids is 1. The highest BCUT2D eigenvalue weighted by Crippen LogP contribution is 2.33. The second kappa shape index (κ2) is 6.57. The largest absolute Gasteiger partial charge is 0.497 e. The van der Waals surface area contributed by atoms with E-state index in [-0.39, 0.29) is 11.9 Å². The summed E-state index contributed by atoms with van der Waals surface area (Å²) in [6.45, 7) is 1.43. The Morgan fingerprint density at radius 3 is 3.11 bits per heavy atom. The van der Waals surface area contributed by atoms with E-state index in [0.717, 1.165) is 37.1 Å². The average Bonchev–Trinajstić information content (AvgIpc) is 2.94. The van der Waals surface area contributed by atoms with Crippen LogP contribution < -0.4 is 10.5 Å². The Hall–Kier alpha value is -1.55. The van der Waals surface area contributed by atoms with Crippen molar-refractivity contribution >= 4 is 5.91 Å². The molecular weight excluding hydrogens is 240 g/mol. The fraction of sp³-hybridized carbons (Fsp3) is 0.533. The standard InChI is InChI=1S/C15H22N2O2/c1-19-13-6-2-5-12(11-13)14-7-4-10-17(14)15(18)8-3-9-16/h2,5-6,11,14H,3-4,7-10,16H2,1H3. The van der Waals surface area contributed by atoms with Crippen molar-refractivity contribution < 1.29 is 9.53 Å². The molecule has 19 heavy (non-hydrogen) atoms. The van der Waals surface area contributed by atoms with E-state index in [1.54, 1.807) is 7.11 Å². The van der Waals surface area contributed by atoms with Crippen molar-refractivity contribution in [1.29, 1.82) is 0 Å². The molecule has 2 N–H and O–H groups in total. The third-order valence-electron chi connectivity index (χ3n) is 3.65. The van der Waals surface area contributed by atoms with Crippen LogP contribution in [0.1, 0.15) is 37.3 Å². The maximum atomic E-state index is 12.2. The first-order chi connectivity index (χ1) is 9.26. The monoisotopic (exact) mass is 262 g/mol. The van der Waals surface area contributed by atoms with E-state index < -0.39 is 0 Å². The summed E-state index contributed by atoms with van der Waals surface area (Å²) in [7, 11) is 1.66. The van der Waals surface area contributed by atoms with Gasteiger partial charge in [0.1, 0.15) is 5.75 Å². The first-order valence-corrected chi connectivity index (χ1v) is 6.89. The van der Waals surface area contributed by atoms with Gasteiger partial charge in [0.2, 0.25) is 5.91 Å². The van der Waals surface area contributed by atoms with E-state index in [4.69, 9.17) is 10.5 Å². The molecule has 0 radical (unpaired) electrons. The zero-order chi connectivity index (χ0) is 13.7. The van der Waals surface area contributed by atoms with Crippen molar-refractivity contribution in [3.8, 4) is 5.75 Å². The molecule has 1 saturated heterocycles. The van der Waals surface area contributed by atoms with Crippen molar-refractivity contribution in [2.45, 2.75) is 31.7 Å². The van der Waals surface area contributed by atoms with Crippen LogP contribution in [0.2, 0.25) is 0 Å². The van der Waals surface area contributed by atoms with E-state index >= 15 is 0 Å². The van der Waals surface area contributed by atoms with Gasteiger partial charge < -0.3 is 15.4 Å². The Bertz CT molecular complexity index is 434. The zero-order valence-corrected chi connectivity index (χ0v) is 11.5. The number of nitrogens with two attached hydrogens (primary N) is 1. The van der Waals surface area contributed by atoms with Crippen LogP contribution in [0.15, 0.2) is 24.3 Å². The van der Waals surface area contributed by atoms with Crippen LogP contribution >= 0.6 is 0 Å². The predicted octanol–water partition coefficient (Wildman–Crippen LogP) is 2.10. The molecule has 1 fully saturated rings. The highest BCUT2D eigenvalue weighted by molar-refractivity contribution is 5.77. The van der Waals surface area contributed by atoms with Crippen molar-refractivity contribution in [1.82, 2.24) is 4.90 Å². The fourth-order valence-electron chi connectivity index (χ4n) is 2.66. The molecule has 4 nitrogen and oxygen atoms in total. The van der Waals surface area contributed by atoms with Crippen LogP contribution in [0.3, 0.4) is 0 Å². The number of likely N-dealkylation sites (tertiary alicyclic amines) is 1. The van der Waals surface area contributed by atoms with Crippen LogP contribution in [-0.4, -0.2) is 31.0 Å². The molecule has 4 heteroatoms. The summed E-state index contributed by atoms with van der Waals surface area (Å²) in [5.41, 5.74) is 6.64. The molecule has 0 spiro atoms. The molecule has 1 aromatic rings. The third kappa shape index (κ3) is 3.26. The topological polar surface area (TPSA) is 55.6 Å². The van der Waals surface area contributed by atoms with Crippen LogP contribution in [0.25, 0.3) is 0 Å². The molecule has 0 saturated carbocycles. The van der Waals surface area contributed by atoms with Crippen molar-refractivity contribution in [2.75, 3.05) is 20.2 Å². The number of methoxy groups -OCH3 is 1. The summed E-state index contributed by atoms with van der Waals surface area (Å²) in [6, 6.07) is 8.20. The second-order valence-electron chi connectivity index (χ2n) is 4.91. The number of hydrogen-bond acceptors (Lipinski definition) is 3. The lowest BCUT2D eigenvalue weighted by atomic mass is 10.0. The molecule has 1 aliphatic heterocycles. The van der Waals surface area contributed by atoms with Gasteiger partial charge in [0.15, 0.2) is 0 Å². The quantitative estimate of drug-likeness (QED) is 0.884. The smallest absolute Gasteiger partial charge is 0.223 e. The lowest BCUT2D eigenvalue weighted by Gasteiger charge is -2.25. The normalized spacial score (nSPS) is 18.6. The van der Waals surface area contributed by atoms with Gasteiger partial charge in [-0.2, -0.15) is 0 Å². The second-order valence-corrected chi connectivity index (χ2v) is 4.91. The van der Waals surface area contributed by atoms with Gasteiger partial charge >= 0.3 is 0 Å². The summed E-state index contributed by atoms with van der Waals surface area (Å²) in [4.78, 5) is 14.2. The van der Waals surface area contributed by atoms with Gasteiger partial charge in [-0.3, -0.25) is 4.79 Å². The number of benzene rings is 1. The number of carbonyl (C=O) groups is 1. The molecule has 0 bridgehead atoms. The van der Waals surface area contributed by atoms with E-state index in [0.29, 0.717) is 13.0 Å². The molecule has 2 rings (SSSR count). The summed E-state index contributed by atoms with van der Waals surface area (Å²) in [6.07, 6.45) is 3.41. The number of nitrogens with zero attached hydrogens (tertiary/aromatic N) is 1. The molecule has 0 aromatic heterocycles. The molecule has 1 aliphatic rings. The van der Waals surface area contributed by atoms with Gasteiger partial charge in [-0.05, 0) is 43.5 Å². The van der Waals surface area contributed by atoms with Gasteiger partial charge in [0.05, 0.1) is 13.2 Å². The van der Waals surface area contributed by atoms with Gasteiger partial charge in [0, 0.05) is 13.0 Å². The molecule has 1 heterocycles. The maximum Gasteiger partial charge on any atom is 0.223 e. The van der Waals surface area contributed by atoms with Gasteiger partial charge in [-0.25, -0.2) is 0 Å². The highest BCUT2D eigenvalue weighted by atomic mass is 16.5. The van der Waals surface area contributed by atoms with Gasteiger partial charge in [-0.1, -0.05) is 12.1 Å². The summed E-state index contributed by atoms with van der Waals surface area (Å²) in [5.74, 6) is 1.06. The Balaban J connectivity index is 2.11. The average molecular weight is 262 g/mol. The lowest BCUT2D eigenvalue weighted by molar-refractivity contribution is -0.132. The molecule has 1 amide bonds. The van der Waals surface area contributed by atoms with Gasteiger partial charge in [0.25, 0.3) is 0 Å². The molecular formula is C15H22N2O2. The predicted molar refractivity (Wildman–Crippen MR) is 75.0 cm³/mol. The first-order valence-electron chi connectivity index (χ1n) is 6.89. The van der Waals surface area contributed by atoms with Crippen LogP contribution in [0, 0.1) is 0 Å². The molecule has 1 unspecified atom stereocenters. The Morgan fingerprint density at radius 2 is 2.37 bits per heavy atom.